The minimum atomic E-state index is -5.36. The van der Waals surface area contributed by atoms with Crippen LogP contribution in [0.1, 0.15) is 40.5 Å². The van der Waals surface area contributed by atoms with E-state index in [1.54, 1.807) is 19.2 Å². The van der Waals surface area contributed by atoms with Crippen molar-refractivity contribution < 1.29 is 63.6 Å². The summed E-state index contributed by atoms with van der Waals surface area (Å²) in [5.41, 5.74) is -2.56. The molecule has 0 atom stereocenters. The summed E-state index contributed by atoms with van der Waals surface area (Å²) in [6.07, 6.45) is -11.1. The smallest absolute Gasteiger partial charge is 0.348 e. The second kappa shape index (κ2) is 17.5. The van der Waals surface area contributed by atoms with Crippen LogP contribution in [0.3, 0.4) is 0 Å². The van der Waals surface area contributed by atoms with Gasteiger partial charge in [-0.1, -0.05) is 0 Å². The zero-order valence-corrected chi connectivity index (χ0v) is 23.9. The molecule has 0 unspecified atom stereocenters. The average Bonchev–Trinajstić information content (AvgIpc) is 2.82. The van der Waals surface area contributed by atoms with Gasteiger partial charge in [0.05, 0.1) is 13.2 Å². The molecule has 0 aromatic heterocycles. The molecule has 39 heavy (non-hydrogen) atoms. The molecule has 0 bridgehead atoms. The summed E-state index contributed by atoms with van der Waals surface area (Å²) in [5, 5.41) is 1.68. The number of alkyl halides is 6. The Balaban J connectivity index is 5.79. The van der Waals surface area contributed by atoms with Crippen molar-refractivity contribution in [3.05, 3.63) is 0 Å². The van der Waals surface area contributed by atoms with Crippen LogP contribution in [0.5, 0.6) is 0 Å². The lowest BCUT2D eigenvalue weighted by atomic mass is 10.3. The summed E-state index contributed by atoms with van der Waals surface area (Å²) in [4.78, 5) is 24.8. The van der Waals surface area contributed by atoms with Gasteiger partial charge in [0.15, 0.2) is 0 Å². The first kappa shape index (κ1) is 37.6. The highest BCUT2D eigenvalue weighted by molar-refractivity contribution is 7.53. The molecule has 0 rings (SSSR count). The van der Waals surface area contributed by atoms with Crippen molar-refractivity contribution in [3.63, 3.8) is 0 Å². The summed E-state index contributed by atoms with van der Waals surface area (Å²) >= 11 is 0. The van der Waals surface area contributed by atoms with Crippen molar-refractivity contribution in [1.82, 2.24) is 15.1 Å². The first-order valence-electron chi connectivity index (χ1n) is 12.0. The number of nitrogens with zero attached hydrogens (tertiary/aromatic N) is 2. The Labute approximate surface area is 224 Å². The Bertz CT molecular complexity index is 803. The van der Waals surface area contributed by atoms with E-state index < -0.39 is 59.0 Å². The molecule has 0 aromatic carbocycles. The van der Waals surface area contributed by atoms with E-state index in [0.29, 0.717) is 0 Å². The van der Waals surface area contributed by atoms with E-state index in [9.17, 15) is 45.1 Å². The lowest BCUT2D eigenvalue weighted by molar-refractivity contribution is -0.265. The maximum atomic E-state index is 13.4. The van der Waals surface area contributed by atoms with Gasteiger partial charge in [-0.3, -0.25) is 28.5 Å². The number of amides is 2. The standard InChI is InChI=1S/C20H35F6N3O8P2/c1-5-34-20(38-32,35-6-2)29(17(31)19(24,25)26)14-10-13-28(15-39(33,36-7-3)37-8-4)12-9-11-27-16(30)18(21,22)23/h5-15H2,1-4H3,(H,27,30). The van der Waals surface area contributed by atoms with Gasteiger partial charge in [0.25, 0.3) is 0 Å². The number of carbonyl (C=O) groups excluding carboxylic acids is 2. The highest BCUT2D eigenvalue weighted by Gasteiger charge is 2.52. The largest absolute Gasteiger partial charge is 0.471 e. The van der Waals surface area contributed by atoms with Gasteiger partial charge in [0, 0.05) is 39.4 Å². The Hall–Kier alpha value is -1.35. The summed E-state index contributed by atoms with van der Waals surface area (Å²) in [6.45, 7) is 4.07. The third-order valence-electron chi connectivity index (χ3n) is 4.68. The minimum Gasteiger partial charge on any atom is -0.348 e. The van der Waals surface area contributed by atoms with Crippen molar-refractivity contribution in [2.24, 2.45) is 0 Å². The third-order valence-corrected chi connectivity index (χ3v) is 7.46. The Morgan fingerprint density at radius 1 is 0.821 bits per heavy atom. The first-order chi connectivity index (χ1) is 18.1. The molecule has 0 aliphatic carbocycles. The normalized spacial score (nSPS) is 13.2. The number of rotatable bonds is 20. The van der Waals surface area contributed by atoms with Gasteiger partial charge in [-0.25, -0.2) is 0 Å². The van der Waals surface area contributed by atoms with Gasteiger partial charge in [0.2, 0.25) is 8.46 Å². The van der Waals surface area contributed by atoms with E-state index in [4.69, 9.17) is 18.5 Å². The van der Waals surface area contributed by atoms with Crippen molar-refractivity contribution in [3.8, 4) is 0 Å². The van der Waals surface area contributed by atoms with Crippen LogP contribution in [-0.4, -0.2) is 98.5 Å². The number of ether oxygens (including phenoxy) is 2. The second-order valence-corrected chi connectivity index (χ2v) is 10.4. The molecular weight excluding hydrogens is 586 g/mol. The van der Waals surface area contributed by atoms with Crippen LogP contribution in [0.25, 0.3) is 0 Å². The zero-order chi connectivity index (χ0) is 30.3. The molecule has 230 valence electrons. The van der Waals surface area contributed by atoms with Crippen molar-refractivity contribution >= 4 is 27.9 Å². The summed E-state index contributed by atoms with van der Waals surface area (Å²) < 4.78 is 123. The fourth-order valence-electron chi connectivity index (χ4n) is 3.27. The molecule has 0 fully saturated rings. The molecule has 0 heterocycles. The van der Waals surface area contributed by atoms with Gasteiger partial charge >= 0.3 is 37.4 Å². The highest BCUT2D eigenvalue weighted by atomic mass is 31.2. The Morgan fingerprint density at radius 2 is 1.33 bits per heavy atom. The molecule has 0 aliphatic heterocycles. The predicted octanol–water partition coefficient (Wildman–Crippen LogP) is 4.34. The number of hydrogen-bond acceptors (Lipinski definition) is 9. The van der Waals surface area contributed by atoms with Crippen LogP contribution < -0.4 is 5.32 Å². The van der Waals surface area contributed by atoms with Crippen LogP contribution in [0, 0.1) is 0 Å². The molecule has 11 nitrogen and oxygen atoms in total. The van der Waals surface area contributed by atoms with E-state index in [1.807, 2.05) is 0 Å². The third kappa shape index (κ3) is 13.2. The van der Waals surface area contributed by atoms with Crippen molar-refractivity contribution in [1.29, 1.82) is 0 Å². The fraction of sp³-hybridized carbons (Fsp3) is 0.900. The molecule has 0 aromatic rings. The van der Waals surface area contributed by atoms with Gasteiger partial charge in [-0.2, -0.15) is 26.3 Å². The molecule has 0 saturated heterocycles. The van der Waals surface area contributed by atoms with Crippen LogP contribution in [0.15, 0.2) is 0 Å². The van der Waals surface area contributed by atoms with E-state index in [-0.39, 0.29) is 63.5 Å². The van der Waals surface area contributed by atoms with Crippen LogP contribution >= 0.6 is 16.1 Å². The summed E-state index contributed by atoms with van der Waals surface area (Å²) in [5.74, 6) is -4.52. The minimum absolute atomic E-state index is 0.00553. The van der Waals surface area contributed by atoms with Crippen LogP contribution in [0.2, 0.25) is 0 Å². The van der Waals surface area contributed by atoms with Crippen molar-refractivity contribution in [2.75, 3.05) is 58.9 Å². The molecule has 0 aliphatic rings. The summed E-state index contributed by atoms with van der Waals surface area (Å²) in [6, 6.07) is 0. The maximum Gasteiger partial charge on any atom is 0.471 e. The first-order valence-corrected chi connectivity index (χ1v) is 14.6. The number of carbonyl (C=O) groups is 2. The van der Waals surface area contributed by atoms with E-state index in [2.05, 4.69) is 0 Å². The summed E-state index contributed by atoms with van der Waals surface area (Å²) in [7, 11) is -4.81. The van der Waals surface area contributed by atoms with E-state index in [0.717, 1.165) is 0 Å². The molecule has 1 N–H and O–H groups in total. The van der Waals surface area contributed by atoms with Gasteiger partial charge in [0.1, 0.15) is 6.29 Å². The number of hydrogen-bond donors (Lipinski definition) is 1. The molecule has 0 spiro atoms. The van der Waals surface area contributed by atoms with E-state index in [1.165, 1.54) is 18.7 Å². The highest BCUT2D eigenvalue weighted by Crippen LogP contribution is 2.48. The van der Waals surface area contributed by atoms with Gasteiger partial charge in [-0.05, 0) is 40.5 Å². The fourth-order valence-corrected chi connectivity index (χ4v) is 5.72. The Kier molecular flexibility index (Phi) is 16.9. The number of nitrogens with one attached hydrogen (secondary N) is 1. The van der Waals surface area contributed by atoms with Crippen LogP contribution in [-0.2, 0) is 37.2 Å². The van der Waals surface area contributed by atoms with Gasteiger partial charge in [-0.15, -0.1) is 0 Å². The van der Waals surface area contributed by atoms with Gasteiger partial charge < -0.3 is 23.8 Å². The Morgan fingerprint density at radius 3 is 1.74 bits per heavy atom. The molecule has 0 saturated carbocycles. The van der Waals surface area contributed by atoms with E-state index >= 15 is 0 Å². The van der Waals surface area contributed by atoms with Crippen LogP contribution in [0.4, 0.5) is 26.3 Å². The molecule has 19 heteroatoms. The molecule has 0 radical (unpaired) electrons. The predicted molar refractivity (Wildman–Crippen MR) is 127 cm³/mol. The molecule has 2 amide bonds. The number of halogens is 6. The molecular formula is C20H35F6N3O8P2. The topological polar surface area (TPSA) is 124 Å². The second-order valence-electron chi connectivity index (χ2n) is 7.63. The SMILES string of the molecule is CCOC(OCC)(P=O)N(CCCN(CCCNC(=O)C(F)(F)F)CP(=O)(OCC)OCC)C(=O)C(F)(F)F. The lowest BCUT2D eigenvalue weighted by Gasteiger charge is -2.38. The maximum absolute atomic E-state index is 13.4. The van der Waals surface area contributed by atoms with Crippen molar-refractivity contribution in [2.45, 2.75) is 58.5 Å². The average molecular weight is 621 g/mol. The monoisotopic (exact) mass is 621 g/mol. The lowest BCUT2D eigenvalue weighted by Crippen LogP contribution is -2.56. The quantitative estimate of drug-likeness (QED) is 0.0916. The zero-order valence-electron chi connectivity index (χ0n) is 22.1.